The Bertz CT molecular complexity index is 641. The lowest BCUT2D eigenvalue weighted by molar-refractivity contribution is 0.506. The van der Waals surface area contributed by atoms with Gasteiger partial charge < -0.3 is 0 Å². The van der Waals surface area contributed by atoms with Crippen molar-refractivity contribution in [1.29, 1.82) is 0 Å². The van der Waals surface area contributed by atoms with Crippen LogP contribution in [0.15, 0.2) is 35.5 Å². The van der Waals surface area contributed by atoms with E-state index in [-0.39, 0.29) is 11.4 Å². The van der Waals surface area contributed by atoms with Crippen molar-refractivity contribution in [2.45, 2.75) is 11.4 Å². The van der Waals surface area contributed by atoms with E-state index in [9.17, 15) is 17.2 Å². The highest BCUT2D eigenvalue weighted by Crippen LogP contribution is 2.10. The normalized spacial score (nSPS) is 11.7. The number of benzene rings is 1. The molecular weight excluding hydrogens is 264 g/mol. The molecule has 0 atom stereocenters. The highest BCUT2D eigenvalue weighted by molar-refractivity contribution is 7.89. The van der Waals surface area contributed by atoms with Gasteiger partial charge in [0.2, 0.25) is 10.0 Å². The first-order valence-corrected chi connectivity index (χ1v) is 6.40. The SMILES string of the molecule is O=S(=O)(NCc1ccc(F)c(F)c1)c1cn[nH]c1. The largest absolute Gasteiger partial charge is 0.284 e. The molecule has 2 N–H and O–H groups in total. The van der Waals surface area contributed by atoms with Crippen LogP contribution in [0.3, 0.4) is 0 Å². The fourth-order valence-electron chi connectivity index (χ4n) is 1.30. The molecule has 2 aromatic rings. The van der Waals surface area contributed by atoms with Crippen LogP contribution >= 0.6 is 0 Å². The third-order valence-corrected chi connectivity index (χ3v) is 3.60. The van der Waals surface area contributed by atoms with E-state index in [0.717, 1.165) is 18.3 Å². The zero-order chi connectivity index (χ0) is 13.2. The van der Waals surface area contributed by atoms with Gasteiger partial charge in [0.25, 0.3) is 0 Å². The van der Waals surface area contributed by atoms with Crippen LogP contribution in [0.2, 0.25) is 0 Å². The molecule has 0 spiro atoms. The molecule has 8 heteroatoms. The molecule has 18 heavy (non-hydrogen) atoms. The molecule has 0 bridgehead atoms. The van der Waals surface area contributed by atoms with E-state index in [2.05, 4.69) is 14.9 Å². The van der Waals surface area contributed by atoms with E-state index in [1.807, 2.05) is 0 Å². The number of H-pyrrole nitrogens is 1. The maximum absolute atomic E-state index is 12.9. The van der Waals surface area contributed by atoms with Gasteiger partial charge in [0, 0.05) is 12.7 Å². The van der Waals surface area contributed by atoms with E-state index in [0.29, 0.717) is 5.56 Å². The van der Waals surface area contributed by atoms with Crippen molar-refractivity contribution in [2.75, 3.05) is 0 Å². The van der Waals surface area contributed by atoms with Gasteiger partial charge in [-0.1, -0.05) is 6.07 Å². The molecule has 0 aliphatic carbocycles. The third kappa shape index (κ3) is 2.71. The van der Waals surface area contributed by atoms with Crippen molar-refractivity contribution in [1.82, 2.24) is 14.9 Å². The summed E-state index contributed by atoms with van der Waals surface area (Å²) in [4.78, 5) is -0.0231. The lowest BCUT2D eigenvalue weighted by Gasteiger charge is -2.05. The summed E-state index contributed by atoms with van der Waals surface area (Å²) in [7, 11) is -3.70. The second-order valence-electron chi connectivity index (χ2n) is 3.51. The van der Waals surface area contributed by atoms with Gasteiger partial charge in [0.05, 0.1) is 6.20 Å². The quantitative estimate of drug-likeness (QED) is 0.878. The summed E-state index contributed by atoms with van der Waals surface area (Å²) in [5.74, 6) is -1.99. The van der Waals surface area contributed by atoms with Gasteiger partial charge in [-0.3, -0.25) is 5.10 Å². The van der Waals surface area contributed by atoms with Crippen LogP contribution < -0.4 is 4.72 Å². The van der Waals surface area contributed by atoms with Crippen molar-refractivity contribution in [3.63, 3.8) is 0 Å². The second kappa shape index (κ2) is 4.83. The first-order chi connectivity index (χ1) is 8.49. The zero-order valence-electron chi connectivity index (χ0n) is 9.02. The number of hydrogen-bond donors (Lipinski definition) is 2. The molecule has 96 valence electrons. The maximum atomic E-state index is 12.9. The second-order valence-corrected chi connectivity index (χ2v) is 5.27. The molecule has 2 rings (SSSR count). The van der Waals surface area contributed by atoms with E-state index in [4.69, 9.17) is 0 Å². The molecule has 5 nitrogen and oxygen atoms in total. The fraction of sp³-hybridized carbons (Fsp3) is 0.100. The summed E-state index contributed by atoms with van der Waals surface area (Å²) < 4.78 is 51.2. The van der Waals surface area contributed by atoms with Gasteiger partial charge in [-0.15, -0.1) is 0 Å². The van der Waals surface area contributed by atoms with Crippen LogP contribution in [-0.4, -0.2) is 18.6 Å². The molecule has 1 aromatic carbocycles. The molecule has 0 saturated heterocycles. The van der Waals surface area contributed by atoms with Gasteiger partial charge in [-0.05, 0) is 17.7 Å². The van der Waals surface area contributed by atoms with E-state index in [1.54, 1.807) is 0 Å². The molecule has 1 heterocycles. The molecule has 0 radical (unpaired) electrons. The van der Waals surface area contributed by atoms with Gasteiger partial charge >= 0.3 is 0 Å². The number of hydrogen-bond acceptors (Lipinski definition) is 3. The minimum atomic E-state index is -3.70. The van der Waals surface area contributed by atoms with Gasteiger partial charge in [0.1, 0.15) is 4.90 Å². The molecule has 0 saturated carbocycles. The maximum Gasteiger partial charge on any atom is 0.243 e. The fourth-order valence-corrected chi connectivity index (χ4v) is 2.22. The van der Waals surface area contributed by atoms with Gasteiger partial charge in [0.15, 0.2) is 11.6 Å². The topological polar surface area (TPSA) is 74.8 Å². The van der Waals surface area contributed by atoms with E-state index < -0.39 is 21.7 Å². The predicted octanol–water partition coefficient (Wildman–Crippen LogP) is 1.17. The Morgan fingerprint density at radius 3 is 2.67 bits per heavy atom. The molecular formula is C10H9F2N3O2S. The molecule has 0 amide bonds. The Labute approximate surface area is 102 Å². The molecule has 1 aromatic heterocycles. The summed E-state index contributed by atoms with van der Waals surface area (Å²) in [6.45, 7) is -0.134. The number of aromatic nitrogens is 2. The van der Waals surface area contributed by atoms with Crippen LogP contribution in [0.1, 0.15) is 5.56 Å². The monoisotopic (exact) mass is 273 g/mol. The van der Waals surface area contributed by atoms with Crippen LogP contribution in [0.4, 0.5) is 8.78 Å². The Morgan fingerprint density at radius 1 is 1.28 bits per heavy atom. The summed E-state index contributed by atoms with van der Waals surface area (Å²) in [5.41, 5.74) is 0.320. The highest BCUT2D eigenvalue weighted by Gasteiger charge is 2.14. The Balaban J connectivity index is 2.10. The average molecular weight is 273 g/mol. The third-order valence-electron chi connectivity index (χ3n) is 2.23. The molecule has 0 fully saturated rings. The first-order valence-electron chi connectivity index (χ1n) is 4.91. The number of aromatic amines is 1. The molecule has 0 aliphatic rings. The Kier molecular flexibility index (Phi) is 3.39. The first kappa shape index (κ1) is 12.7. The number of nitrogens with one attached hydrogen (secondary N) is 2. The Hall–Kier alpha value is -1.80. The van der Waals surface area contributed by atoms with Crippen molar-refractivity contribution in [3.8, 4) is 0 Å². The minimum Gasteiger partial charge on any atom is -0.284 e. The number of nitrogens with zero attached hydrogens (tertiary/aromatic N) is 1. The van der Waals surface area contributed by atoms with Gasteiger partial charge in [-0.25, -0.2) is 21.9 Å². The predicted molar refractivity (Wildman–Crippen MR) is 59.0 cm³/mol. The summed E-state index contributed by atoms with van der Waals surface area (Å²) >= 11 is 0. The number of halogens is 2. The van der Waals surface area contributed by atoms with E-state index in [1.165, 1.54) is 12.3 Å². The van der Waals surface area contributed by atoms with Crippen LogP contribution in [0.25, 0.3) is 0 Å². The van der Waals surface area contributed by atoms with Crippen molar-refractivity contribution < 1.29 is 17.2 Å². The summed E-state index contributed by atoms with van der Waals surface area (Å²) in [6.07, 6.45) is 2.36. The van der Waals surface area contributed by atoms with Crippen LogP contribution in [-0.2, 0) is 16.6 Å². The van der Waals surface area contributed by atoms with Crippen molar-refractivity contribution in [2.24, 2.45) is 0 Å². The van der Waals surface area contributed by atoms with E-state index >= 15 is 0 Å². The zero-order valence-corrected chi connectivity index (χ0v) is 9.84. The van der Waals surface area contributed by atoms with Crippen molar-refractivity contribution >= 4 is 10.0 Å². The average Bonchev–Trinajstić information content (AvgIpc) is 2.85. The van der Waals surface area contributed by atoms with Crippen LogP contribution in [0.5, 0.6) is 0 Å². The lowest BCUT2D eigenvalue weighted by atomic mass is 10.2. The Morgan fingerprint density at radius 2 is 2.06 bits per heavy atom. The summed E-state index contributed by atoms with van der Waals surface area (Å²) in [5, 5.41) is 5.89. The summed E-state index contributed by atoms with van der Waals surface area (Å²) in [6, 6.07) is 3.18. The molecule has 0 unspecified atom stereocenters. The highest BCUT2D eigenvalue weighted by atomic mass is 32.2. The lowest BCUT2D eigenvalue weighted by Crippen LogP contribution is -2.22. The van der Waals surface area contributed by atoms with Crippen LogP contribution in [0, 0.1) is 11.6 Å². The van der Waals surface area contributed by atoms with Gasteiger partial charge in [-0.2, -0.15) is 5.10 Å². The molecule has 0 aliphatic heterocycles. The number of rotatable bonds is 4. The standard InChI is InChI=1S/C10H9F2N3O2S/c11-9-2-1-7(3-10(9)12)4-15-18(16,17)8-5-13-14-6-8/h1-3,5-6,15H,4H2,(H,13,14). The number of sulfonamides is 1. The van der Waals surface area contributed by atoms with Crippen molar-refractivity contribution in [3.05, 3.63) is 47.8 Å². The minimum absolute atomic E-state index is 0.0231. The smallest absolute Gasteiger partial charge is 0.243 e.